The van der Waals surface area contributed by atoms with Gasteiger partial charge in [0.1, 0.15) is 6.10 Å². The van der Waals surface area contributed by atoms with Crippen LogP contribution in [0.15, 0.2) is 42.5 Å². The van der Waals surface area contributed by atoms with Crippen molar-refractivity contribution in [1.82, 2.24) is 0 Å². The average molecular weight is 147 g/mol. The maximum absolute atomic E-state index is 7.35. The molecule has 11 heavy (non-hydrogen) atoms. The number of hydrogen-bond donors (Lipinski definition) is 0. The van der Waals surface area contributed by atoms with Gasteiger partial charge < -0.3 is 4.74 Å². The zero-order valence-electron chi connectivity index (χ0n) is 7.16. The summed E-state index contributed by atoms with van der Waals surface area (Å²) in [4.78, 5) is 0. The Balaban J connectivity index is 2.22. The normalized spacial score (nSPS) is 24.5. The first-order valence-corrected chi connectivity index (χ1v) is 3.70. The Morgan fingerprint density at radius 1 is 1.36 bits per heavy atom. The summed E-state index contributed by atoms with van der Waals surface area (Å²) in [6.07, 6.45) is 1.84. The fraction of sp³-hybridized carbons (Fsp3) is 0.200. The van der Waals surface area contributed by atoms with Crippen LogP contribution >= 0.6 is 0 Å². The van der Waals surface area contributed by atoms with Gasteiger partial charge in [0.25, 0.3) is 0 Å². The van der Waals surface area contributed by atoms with E-state index in [4.69, 9.17) is 6.11 Å². The van der Waals surface area contributed by atoms with Gasteiger partial charge in [-0.2, -0.15) is 0 Å². The largest absolute Gasteiger partial charge is 0.365 e. The molecule has 1 aromatic rings. The molecule has 1 aromatic carbocycles. The Hall–Kier alpha value is -1.08. The smallest absolute Gasteiger partial charge is 0.101 e. The summed E-state index contributed by atoms with van der Waals surface area (Å²) in [6, 6.07) is 10.5. The highest BCUT2D eigenvalue weighted by Gasteiger charge is 2.10. The molecule has 0 saturated heterocycles. The van der Waals surface area contributed by atoms with Crippen molar-refractivity contribution in [3.63, 3.8) is 0 Å². The lowest BCUT2D eigenvalue weighted by Gasteiger charge is -2.06. The van der Waals surface area contributed by atoms with Crippen LogP contribution in [0.1, 0.15) is 13.0 Å². The third kappa shape index (κ3) is 1.33. The summed E-state index contributed by atoms with van der Waals surface area (Å²) in [5.74, 6) is 0. The van der Waals surface area contributed by atoms with Gasteiger partial charge in [-0.1, -0.05) is 42.5 Å². The van der Waals surface area contributed by atoms with E-state index >= 15 is 0 Å². The van der Waals surface area contributed by atoms with Crippen LogP contribution < -0.4 is 0 Å². The fourth-order valence-electron chi connectivity index (χ4n) is 1.18. The molecule has 1 heterocycles. The van der Waals surface area contributed by atoms with E-state index in [0.29, 0.717) is 12.7 Å². The molecule has 0 unspecified atom stereocenters. The van der Waals surface area contributed by atoms with Crippen molar-refractivity contribution in [2.75, 3.05) is 6.61 Å². The minimum absolute atomic E-state index is 0.00120. The van der Waals surface area contributed by atoms with Gasteiger partial charge in [0, 0.05) is 0 Å². The van der Waals surface area contributed by atoms with Crippen molar-refractivity contribution in [3.05, 3.63) is 48.0 Å². The zero-order chi connectivity index (χ0) is 8.39. The Bertz CT molecular complexity index is 292. The predicted octanol–water partition coefficient (Wildman–Crippen LogP) is 2.31. The summed E-state index contributed by atoms with van der Waals surface area (Å²) in [5, 5.41) is 0. The summed E-state index contributed by atoms with van der Waals surface area (Å²) >= 11 is 0. The lowest BCUT2D eigenvalue weighted by molar-refractivity contribution is 0.129. The number of ether oxygens (including phenoxy) is 1. The molecular weight excluding hydrogens is 136 g/mol. The van der Waals surface area contributed by atoms with E-state index in [1.807, 2.05) is 36.4 Å². The molecule has 0 N–H and O–H groups in total. The van der Waals surface area contributed by atoms with Gasteiger partial charge in [-0.3, -0.25) is 0 Å². The fourth-order valence-corrected chi connectivity index (χ4v) is 1.18. The average Bonchev–Trinajstić information content (AvgIpc) is 2.54. The minimum Gasteiger partial charge on any atom is -0.365 e. The second-order valence-electron chi connectivity index (χ2n) is 2.51. The number of rotatable bonds is 1. The van der Waals surface area contributed by atoms with Gasteiger partial charge in [-0.15, -0.1) is 0 Å². The molecule has 56 valence electrons. The van der Waals surface area contributed by atoms with E-state index < -0.39 is 0 Å². The van der Waals surface area contributed by atoms with Gasteiger partial charge in [0.15, 0.2) is 0 Å². The lowest BCUT2D eigenvalue weighted by atomic mass is 10.1. The molecule has 0 spiro atoms. The minimum atomic E-state index is -0.00120. The van der Waals surface area contributed by atoms with Crippen LogP contribution in [-0.2, 0) is 4.74 Å². The van der Waals surface area contributed by atoms with Gasteiger partial charge in [0.05, 0.1) is 7.98 Å². The topological polar surface area (TPSA) is 9.23 Å². The molecule has 0 aliphatic carbocycles. The van der Waals surface area contributed by atoms with E-state index in [1.54, 1.807) is 0 Å². The van der Waals surface area contributed by atoms with Crippen molar-refractivity contribution in [3.8, 4) is 0 Å². The van der Waals surface area contributed by atoms with E-state index in [-0.39, 0.29) is 6.10 Å². The van der Waals surface area contributed by atoms with E-state index in [1.165, 1.54) is 0 Å². The summed E-state index contributed by atoms with van der Waals surface area (Å²) in [7, 11) is 0. The second kappa shape index (κ2) is 2.89. The highest BCUT2D eigenvalue weighted by atomic mass is 16.5. The van der Waals surface area contributed by atoms with Gasteiger partial charge >= 0.3 is 0 Å². The highest BCUT2D eigenvalue weighted by molar-refractivity contribution is 5.22. The third-order valence-electron chi connectivity index (χ3n) is 1.74. The molecule has 1 nitrogen and oxygen atoms in total. The quantitative estimate of drug-likeness (QED) is 0.554. The molecule has 0 bridgehead atoms. The number of benzene rings is 1. The van der Waals surface area contributed by atoms with Crippen LogP contribution in [0.4, 0.5) is 0 Å². The first-order chi connectivity index (χ1) is 5.86. The van der Waals surface area contributed by atoms with Gasteiger partial charge in [-0.25, -0.2) is 0 Å². The Morgan fingerprint density at radius 3 is 2.82 bits per heavy atom. The maximum atomic E-state index is 7.35. The van der Waals surface area contributed by atoms with E-state index in [0.717, 1.165) is 5.56 Å². The highest BCUT2D eigenvalue weighted by Crippen LogP contribution is 2.21. The van der Waals surface area contributed by atoms with Crippen LogP contribution in [0.5, 0.6) is 0 Å². The molecule has 1 aliphatic heterocycles. The zero-order valence-corrected chi connectivity index (χ0v) is 6.16. The molecule has 0 fully saturated rings. The number of hydrogen-bond acceptors (Lipinski definition) is 1. The standard InChI is InChI=1S/C10H10O/c1-2-5-9(6-3-1)10-7-4-8-11-10/h1-7,10H,8H2/t10-/m0/s1/i4D. The van der Waals surface area contributed by atoms with Crippen LogP contribution in [0.25, 0.3) is 0 Å². The first-order valence-electron chi connectivity index (χ1n) is 4.20. The summed E-state index contributed by atoms with van der Waals surface area (Å²) < 4.78 is 12.7. The molecule has 1 aliphatic rings. The second-order valence-corrected chi connectivity index (χ2v) is 2.51. The van der Waals surface area contributed by atoms with Crippen LogP contribution in [0.3, 0.4) is 0 Å². The first kappa shape index (κ1) is 5.56. The molecule has 2 rings (SSSR count). The lowest BCUT2D eigenvalue weighted by Crippen LogP contribution is -1.94. The Morgan fingerprint density at radius 2 is 2.18 bits per heavy atom. The van der Waals surface area contributed by atoms with Gasteiger partial charge in [-0.05, 0) is 5.56 Å². The van der Waals surface area contributed by atoms with Crippen molar-refractivity contribution in [1.29, 1.82) is 0 Å². The summed E-state index contributed by atoms with van der Waals surface area (Å²) in [5.41, 5.74) is 1.12. The molecular formula is C10H10O. The van der Waals surface area contributed by atoms with Crippen molar-refractivity contribution in [2.24, 2.45) is 0 Å². The van der Waals surface area contributed by atoms with Crippen molar-refractivity contribution in [2.45, 2.75) is 6.10 Å². The summed E-state index contributed by atoms with van der Waals surface area (Å²) in [6.45, 7) is 0.444. The van der Waals surface area contributed by atoms with Crippen molar-refractivity contribution < 1.29 is 6.11 Å². The van der Waals surface area contributed by atoms with Gasteiger partial charge in [0.2, 0.25) is 0 Å². The van der Waals surface area contributed by atoms with E-state index in [9.17, 15) is 0 Å². The molecule has 0 radical (unpaired) electrons. The molecule has 1 heteroatoms. The maximum Gasteiger partial charge on any atom is 0.101 e. The van der Waals surface area contributed by atoms with Crippen molar-refractivity contribution >= 4 is 0 Å². The molecule has 1 atom stereocenters. The van der Waals surface area contributed by atoms with Crippen LogP contribution in [0, 0.1) is 0 Å². The molecule has 0 amide bonds. The van der Waals surface area contributed by atoms with E-state index in [2.05, 4.69) is 0 Å². The molecule has 0 saturated carbocycles. The Labute approximate surface area is 67.7 Å². The predicted molar refractivity (Wildman–Crippen MR) is 44.3 cm³/mol. The monoisotopic (exact) mass is 147 g/mol. The van der Waals surface area contributed by atoms with Crippen LogP contribution in [0.2, 0.25) is 0 Å². The molecule has 0 aromatic heterocycles. The third-order valence-corrected chi connectivity index (χ3v) is 1.74. The Kier molecular flexibility index (Phi) is 1.46. The van der Waals surface area contributed by atoms with Crippen LogP contribution in [-0.4, -0.2) is 6.61 Å². The SMILES string of the molecule is [2H]C1=C[C@@H](c2ccccc2)OC1.